The topological polar surface area (TPSA) is 49.4 Å². The second kappa shape index (κ2) is 5.12. The Morgan fingerprint density at radius 1 is 1.35 bits per heavy atom. The lowest BCUT2D eigenvalue weighted by molar-refractivity contribution is -0.125. The van der Waals surface area contributed by atoms with Crippen LogP contribution in [0, 0.1) is 0 Å². The van der Waals surface area contributed by atoms with Gasteiger partial charge in [-0.25, -0.2) is 8.78 Å². The van der Waals surface area contributed by atoms with Crippen LogP contribution in [0.5, 0.6) is 0 Å². The fourth-order valence-corrected chi connectivity index (χ4v) is 3.70. The standard InChI is InChI=1S/C13H14F2N2O2S/c14-11(15)10-7-5-17(13(19)8(7)6-20-10)9-3-1-2-4-16-12(9)18/h6,9,11H,1-5H2,(H,16,18). The van der Waals surface area contributed by atoms with Gasteiger partial charge in [0.05, 0.1) is 10.4 Å². The molecule has 3 heterocycles. The van der Waals surface area contributed by atoms with E-state index in [2.05, 4.69) is 5.32 Å². The average Bonchev–Trinajstić information content (AvgIpc) is 2.87. The number of rotatable bonds is 2. The van der Waals surface area contributed by atoms with Crippen molar-refractivity contribution in [1.29, 1.82) is 0 Å². The number of halogens is 2. The zero-order valence-corrected chi connectivity index (χ0v) is 11.5. The number of amides is 2. The fraction of sp³-hybridized carbons (Fsp3) is 0.538. The zero-order chi connectivity index (χ0) is 14.3. The van der Waals surface area contributed by atoms with Crippen LogP contribution in [-0.4, -0.2) is 29.3 Å². The third kappa shape index (κ3) is 2.09. The van der Waals surface area contributed by atoms with Gasteiger partial charge in [-0.15, -0.1) is 11.3 Å². The first-order chi connectivity index (χ1) is 9.59. The lowest BCUT2D eigenvalue weighted by Crippen LogP contribution is -2.45. The van der Waals surface area contributed by atoms with Crippen molar-refractivity contribution in [3.05, 3.63) is 21.4 Å². The molecule has 0 aromatic carbocycles. The van der Waals surface area contributed by atoms with E-state index in [4.69, 9.17) is 0 Å². The lowest BCUT2D eigenvalue weighted by atomic mass is 10.1. The van der Waals surface area contributed by atoms with E-state index in [-0.39, 0.29) is 23.2 Å². The van der Waals surface area contributed by atoms with Gasteiger partial charge in [-0.2, -0.15) is 0 Å². The molecule has 1 aromatic rings. The van der Waals surface area contributed by atoms with Crippen LogP contribution in [-0.2, 0) is 11.3 Å². The van der Waals surface area contributed by atoms with Crippen LogP contribution in [0.25, 0.3) is 0 Å². The quantitative estimate of drug-likeness (QED) is 0.911. The summed E-state index contributed by atoms with van der Waals surface area (Å²) in [5.74, 6) is -0.478. The van der Waals surface area contributed by atoms with Crippen LogP contribution < -0.4 is 5.32 Å². The molecule has 1 atom stereocenters. The Bertz CT molecular complexity index is 559. The van der Waals surface area contributed by atoms with Crippen LogP contribution in [0.4, 0.5) is 8.78 Å². The van der Waals surface area contributed by atoms with Crippen LogP contribution >= 0.6 is 11.3 Å². The van der Waals surface area contributed by atoms with Crippen molar-refractivity contribution in [3.8, 4) is 0 Å². The van der Waals surface area contributed by atoms with Crippen molar-refractivity contribution in [3.63, 3.8) is 0 Å². The van der Waals surface area contributed by atoms with Crippen molar-refractivity contribution in [2.75, 3.05) is 6.54 Å². The van der Waals surface area contributed by atoms with Crippen molar-refractivity contribution < 1.29 is 18.4 Å². The molecular weight excluding hydrogens is 286 g/mol. The first-order valence-electron chi connectivity index (χ1n) is 6.56. The summed E-state index contributed by atoms with van der Waals surface area (Å²) in [5.41, 5.74) is 0.731. The number of carbonyl (C=O) groups is 2. The molecule has 3 rings (SSSR count). The smallest absolute Gasteiger partial charge is 0.273 e. The van der Waals surface area contributed by atoms with Gasteiger partial charge in [0.15, 0.2) is 0 Å². The summed E-state index contributed by atoms with van der Waals surface area (Å²) in [7, 11) is 0. The predicted octanol–water partition coefficient (Wildman–Crippen LogP) is 2.31. The molecule has 4 nitrogen and oxygen atoms in total. The number of hydrogen-bond acceptors (Lipinski definition) is 3. The Hall–Kier alpha value is -1.50. The SMILES string of the molecule is O=C1NCCCCC1N1Cc2c(csc2C(F)F)C1=O. The first kappa shape index (κ1) is 13.5. The summed E-state index contributed by atoms with van der Waals surface area (Å²) in [5, 5.41) is 4.25. The first-order valence-corrected chi connectivity index (χ1v) is 7.44. The highest BCUT2D eigenvalue weighted by molar-refractivity contribution is 7.10. The van der Waals surface area contributed by atoms with E-state index in [1.54, 1.807) is 0 Å². The van der Waals surface area contributed by atoms with E-state index in [0.717, 1.165) is 24.2 Å². The summed E-state index contributed by atoms with van der Waals surface area (Å²) in [6, 6.07) is -0.534. The van der Waals surface area contributed by atoms with Gasteiger partial charge in [0.1, 0.15) is 6.04 Å². The highest BCUT2D eigenvalue weighted by atomic mass is 32.1. The molecule has 1 unspecified atom stereocenters. The Morgan fingerprint density at radius 3 is 2.90 bits per heavy atom. The summed E-state index contributed by atoms with van der Waals surface area (Å²) < 4.78 is 25.8. The molecule has 0 radical (unpaired) electrons. The van der Waals surface area contributed by atoms with Gasteiger partial charge in [-0.1, -0.05) is 0 Å². The minimum absolute atomic E-state index is 0.0510. The van der Waals surface area contributed by atoms with E-state index in [9.17, 15) is 18.4 Å². The van der Waals surface area contributed by atoms with Gasteiger partial charge in [0.25, 0.3) is 12.3 Å². The maximum absolute atomic E-state index is 12.9. The number of carbonyl (C=O) groups excluding carboxylic acids is 2. The molecule has 0 bridgehead atoms. The maximum Gasteiger partial charge on any atom is 0.273 e. The van der Waals surface area contributed by atoms with Gasteiger partial charge < -0.3 is 10.2 Å². The minimum atomic E-state index is -2.57. The van der Waals surface area contributed by atoms with Crippen molar-refractivity contribution in [2.24, 2.45) is 0 Å². The monoisotopic (exact) mass is 300 g/mol. The highest BCUT2D eigenvalue weighted by Crippen LogP contribution is 2.38. The molecule has 1 aromatic heterocycles. The van der Waals surface area contributed by atoms with Crippen molar-refractivity contribution in [1.82, 2.24) is 10.2 Å². The summed E-state index contributed by atoms with van der Waals surface area (Å²) in [4.78, 5) is 25.7. The summed E-state index contributed by atoms with van der Waals surface area (Å²) >= 11 is 0.919. The Kier molecular flexibility index (Phi) is 3.45. The van der Waals surface area contributed by atoms with E-state index in [0.29, 0.717) is 24.1 Å². The number of nitrogens with zero attached hydrogens (tertiary/aromatic N) is 1. The molecular formula is C13H14F2N2O2S. The summed E-state index contributed by atoms with van der Waals surface area (Å²) in [6.07, 6.45) is -0.246. The number of hydrogen-bond donors (Lipinski definition) is 1. The predicted molar refractivity (Wildman–Crippen MR) is 69.8 cm³/mol. The van der Waals surface area contributed by atoms with Gasteiger partial charge in [0.2, 0.25) is 5.91 Å². The summed E-state index contributed by atoms with van der Waals surface area (Å²) in [6.45, 7) is 0.732. The molecule has 2 amide bonds. The number of thiophene rings is 1. The van der Waals surface area contributed by atoms with Gasteiger partial charge in [0, 0.05) is 24.0 Å². The van der Waals surface area contributed by atoms with E-state index in [1.165, 1.54) is 10.3 Å². The highest BCUT2D eigenvalue weighted by Gasteiger charge is 2.39. The Balaban J connectivity index is 1.87. The number of nitrogens with one attached hydrogen (secondary N) is 1. The molecule has 1 saturated heterocycles. The van der Waals surface area contributed by atoms with Crippen molar-refractivity contribution >= 4 is 23.2 Å². The fourth-order valence-electron chi connectivity index (χ4n) is 2.79. The second-order valence-corrected chi connectivity index (χ2v) is 5.94. The molecule has 0 aliphatic carbocycles. The molecule has 2 aliphatic rings. The molecule has 0 saturated carbocycles. The van der Waals surface area contributed by atoms with Gasteiger partial charge in [-0.05, 0) is 19.3 Å². The lowest BCUT2D eigenvalue weighted by Gasteiger charge is -2.25. The molecule has 108 valence electrons. The minimum Gasteiger partial charge on any atom is -0.354 e. The number of fused-ring (bicyclic) bond motifs is 1. The molecule has 0 spiro atoms. The normalized spacial score (nSPS) is 22.9. The number of alkyl halides is 2. The Morgan fingerprint density at radius 2 is 2.15 bits per heavy atom. The van der Waals surface area contributed by atoms with Gasteiger partial charge >= 0.3 is 0 Å². The van der Waals surface area contributed by atoms with E-state index >= 15 is 0 Å². The molecule has 7 heteroatoms. The largest absolute Gasteiger partial charge is 0.354 e. The molecule has 20 heavy (non-hydrogen) atoms. The molecule has 2 aliphatic heterocycles. The third-order valence-electron chi connectivity index (χ3n) is 3.83. The van der Waals surface area contributed by atoms with Crippen LogP contribution in [0.1, 0.15) is 46.5 Å². The van der Waals surface area contributed by atoms with Gasteiger partial charge in [-0.3, -0.25) is 9.59 Å². The zero-order valence-electron chi connectivity index (χ0n) is 10.7. The second-order valence-electron chi connectivity index (χ2n) is 5.03. The molecule has 1 fully saturated rings. The van der Waals surface area contributed by atoms with Crippen LogP contribution in [0.3, 0.4) is 0 Å². The molecule has 1 N–H and O–H groups in total. The van der Waals surface area contributed by atoms with E-state index in [1.807, 2.05) is 0 Å². The third-order valence-corrected chi connectivity index (χ3v) is 4.86. The average molecular weight is 300 g/mol. The maximum atomic E-state index is 12.9. The van der Waals surface area contributed by atoms with Crippen molar-refractivity contribution in [2.45, 2.75) is 38.3 Å². The Labute approximate surface area is 118 Å². The van der Waals surface area contributed by atoms with Crippen LogP contribution in [0.15, 0.2) is 5.38 Å². The van der Waals surface area contributed by atoms with E-state index < -0.39 is 12.5 Å². The van der Waals surface area contributed by atoms with Crippen LogP contribution in [0.2, 0.25) is 0 Å².